The van der Waals surface area contributed by atoms with E-state index in [-0.39, 0.29) is 5.75 Å². The maximum Gasteiger partial charge on any atom is 0.137 e. The van der Waals surface area contributed by atoms with E-state index in [0.717, 1.165) is 29.5 Å². The van der Waals surface area contributed by atoms with Gasteiger partial charge in [0.05, 0.1) is 6.26 Å². The highest BCUT2D eigenvalue weighted by Crippen LogP contribution is 2.29. The third-order valence-corrected chi connectivity index (χ3v) is 5.33. The molecule has 3 heterocycles. The molecule has 118 valence electrons. The van der Waals surface area contributed by atoms with Crippen molar-refractivity contribution in [2.24, 2.45) is 5.92 Å². The molecule has 1 aromatic heterocycles. The lowest BCUT2D eigenvalue weighted by Gasteiger charge is -2.34. The fraction of sp³-hybridized carbons (Fsp3) is 0.556. The molecular weight excluding hydrogens is 276 g/mol. The summed E-state index contributed by atoms with van der Waals surface area (Å²) in [6.07, 6.45) is 7.15. The molecule has 1 unspecified atom stereocenters. The van der Waals surface area contributed by atoms with Crippen LogP contribution in [0.15, 0.2) is 28.9 Å². The van der Waals surface area contributed by atoms with Gasteiger partial charge in [0.2, 0.25) is 0 Å². The smallest absolute Gasteiger partial charge is 0.137 e. The zero-order valence-corrected chi connectivity index (χ0v) is 12.9. The van der Waals surface area contributed by atoms with Crippen molar-refractivity contribution >= 4 is 11.0 Å². The summed E-state index contributed by atoms with van der Waals surface area (Å²) < 4.78 is 5.58. The Hall–Kier alpha value is -1.52. The van der Waals surface area contributed by atoms with E-state index < -0.39 is 0 Å². The molecule has 2 fully saturated rings. The van der Waals surface area contributed by atoms with Crippen molar-refractivity contribution in [2.75, 3.05) is 19.6 Å². The molecule has 0 bridgehead atoms. The number of hydrogen-bond acceptors (Lipinski definition) is 4. The van der Waals surface area contributed by atoms with Crippen molar-refractivity contribution in [2.45, 2.75) is 38.3 Å². The van der Waals surface area contributed by atoms with Crippen LogP contribution in [0.3, 0.4) is 0 Å². The van der Waals surface area contributed by atoms with Gasteiger partial charge in [-0.1, -0.05) is 0 Å². The summed E-state index contributed by atoms with van der Waals surface area (Å²) in [5, 5.41) is 14.3. The van der Waals surface area contributed by atoms with Crippen LogP contribution in [-0.2, 0) is 6.54 Å². The van der Waals surface area contributed by atoms with Crippen LogP contribution in [0.4, 0.5) is 0 Å². The third-order valence-electron chi connectivity index (χ3n) is 5.33. The summed E-state index contributed by atoms with van der Waals surface area (Å²) in [7, 11) is 0. The molecule has 4 nitrogen and oxygen atoms in total. The van der Waals surface area contributed by atoms with Crippen molar-refractivity contribution in [3.05, 3.63) is 30.0 Å². The average Bonchev–Trinajstić information content (AvgIpc) is 3.18. The van der Waals surface area contributed by atoms with Crippen LogP contribution in [0.5, 0.6) is 5.75 Å². The van der Waals surface area contributed by atoms with Crippen LogP contribution in [0.1, 0.15) is 31.2 Å². The first-order chi connectivity index (χ1) is 10.8. The van der Waals surface area contributed by atoms with E-state index in [0.29, 0.717) is 0 Å². The summed E-state index contributed by atoms with van der Waals surface area (Å²) in [5.74, 6) is 1.12. The van der Waals surface area contributed by atoms with Crippen LogP contribution in [0, 0.1) is 5.92 Å². The summed E-state index contributed by atoms with van der Waals surface area (Å²) in [6.45, 7) is 4.50. The predicted molar refractivity (Wildman–Crippen MR) is 86.9 cm³/mol. The van der Waals surface area contributed by atoms with Crippen molar-refractivity contribution < 1.29 is 9.52 Å². The second-order valence-corrected chi connectivity index (χ2v) is 6.76. The molecule has 0 amide bonds. The third kappa shape index (κ3) is 2.73. The number of furan rings is 1. The molecule has 0 aliphatic carbocycles. The second kappa shape index (κ2) is 5.94. The highest BCUT2D eigenvalue weighted by atomic mass is 16.3. The zero-order chi connectivity index (χ0) is 14.9. The molecule has 1 atom stereocenters. The van der Waals surface area contributed by atoms with Crippen LogP contribution in [-0.4, -0.2) is 35.7 Å². The van der Waals surface area contributed by atoms with Gasteiger partial charge in [-0.2, -0.15) is 0 Å². The van der Waals surface area contributed by atoms with Crippen molar-refractivity contribution in [1.29, 1.82) is 0 Å². The molecule has 0 radical (unpaired) electrons. The first-order valence-corrected chi connectivity index (χ1v) is 8.44. The predicted octanol–water partition coefficient (Wildman–Crippen LogP) is 3.10. The number of likely N-dealkylation sites (tertiary alicyclic amines) is 1. The standard InChI is InChI=1S/C18H24N2O2/c21-15-3-4-16-14(12-22-18(16)10-15)11-20-8-5-13(6-9-20)17-2-1-7-19-17/h3-4,10,12-13,17,19,21H,1-2,5-9,11H2. The number of piperidine rings is 1. The Morgan fingerprint density at radius 3 is 2.86 bits per heavy atom. The highest BCUT2D eigenvalue weighted by Gasteiger charge is 2.28. The first kappa shape index (κ1) is 14.1. The van der Waals surface area contributed by atoms with Gasteiger partial charge in [-0.25, -0.2) is 0 Å². The molecule has 2 saturated heterocycles. The van der Waals surface area contributed by atoms with Gasteiger partial charge in [0.25, 0.3) is 0 Å². The Balaban J connectivity index is 1.39. The number of phenolic OH excluding ortho intramolecular Hbond substituents is 1. The maximum absolute atomic E-state index is 9.52. The van der Waals surface area contributed by atoms with Gasteiger partial charge in [-0.3, -0.25) is 4.90 Å². The monoisotopic (exact) mass is 300 g/mol. The average molecular weight is 300 g/mol. The molecular formula is C18H24N2O2. The van der Waals surface area contributed by atoms with Gasteiger partial charge < -0.3 is 14.8 Å². The normalized spacial score (nSPS) is 24.3. The minimum Gasteiger partial charge on any atom is -0.508 e. The summed E-state index contributed by atoms with van der Waals surface area (Å²) in [6, 6.07) is 6.15. The molecule has 0 saturated carbocycles. The SMILES string of the molecule is Oc1ccc2c(CN3CCC(C4CCCN4)CC3)coc2c1. The molecule has 2 aliphatic rings. The Bertz CT molecular complexity index is 638. The van der Waals surface area contributed by atoms with Gasteiger partial charge in [-0.05, 0) is 63.4 Å². The van der Waals surface area contributed by atoms with Gasteiger partial charge in [0, 0.05) is 29.6 Å². The minimum atomic E-state index is 0.262. The Morgan fingerprint density at radius 1 is 1.23 bits per heavy atom. The van der Waals surface area contributed by atoms with Crippen molar-refractivity contribution in [3.63, 3.8) is 0 Å². The fourth-order valence-corrected chi connectivity index (χ4v) is 4.06. The fourth-order valence-electron chi connectivity index (χ4n) is 4.06. The van der Waals surface area contributed by atoms with Crippen LogP contribution >= 0.6 is 0 Å². The maximum atomic E-state index is 9.52. The van der Waals surface area contributed by atoms with Crippen LogP contribution in [0.2, 0.25) is 0 Å². The van der Waals surface area contributed by atoms with Gasteiger partial charge in [0.1, 0.15) is 11.3 Å². The summed E-state index contributed by atoms with van der Waals surface area (Å²) in [4.78, 5) is 2.53. The molecule has 4 rings (SSSR count). The minimum absolute atomic E-state index is 0.262. The lowest BCUT2D eigenvalue weighted by atomic mass is 9.88. The number of phenols is 1. The molecule has 4 heteroatoms. The summed E-state index contributed by atoms with van der Waals surface area (Å²) in [5.41, 5.74) is 2.01. The number of nitrogens with zero attached hydrogens (tertiary/aromatic N) is 1. The number of aromatic hydroxyl groups is 1. The molecule has 22 heavy (non-hydrogen) atoms. The quantitative estimate of drug-likeness (QED) is 0.914. The molecule has 1 aromatic carbocycles. The van der Waals surface area contributed by atoms with E-state index in [1.54, 1.807) is 12.1 Å². The number of hydrogen-bond donors (Lipinski definition) is 2. The highest BCUT2D eigenvalue weighted by molar-refractivity contribution is 5.82. The van der Waals surface area contributed by atoms with E-state index in [9.17, 15) is 5.11 Å². The number of fused-ring (bicyclic) bond motifs is 1. The van der Waals surface area contributed by atoms with E-state index in [1.165, 1.54) is 50.9 Å². The number of benzene rings is 1. The van der Waals surface area contributed by atoms with Crippen molar-refractivity contribution in [3.8, 4) is 5.75 Å². The number of nitrogens with one attached hydrogen (secondary N) is 1. The Kier molecular flexibility index (Phi) is 3.80. The van der Waals surface area contributed by atoms with Gasteiger partial charge in [0.15, 0.2) is 0 Å². The molecule has 2 N–H and O–H groups in total. The zero-order valence-electron chi connectivity index (χ0n) is 12.9. The van der Waals surface area contributed by atoms with E-state index in [1.807, 2.05) is 12.3 Å². The van der Waals surface area contributed by atoms with Crippen LogP contribution in [0.25, 0.3) is 11.0 Å². The van der Waals surface area contributed by atoms with Gasteiger partial charge in [-0.15, -0.1) is 0 Å². The Morgan fingerprint density at radius 2 is 2.09 bits per heavy atom. The van der Waals surface area contributed by atoms with Crippen LogP contribution < -0.4 is 5.32 Å². The van der Waals surface area contributed by atoms with E-state index >= 15 is 0 Å². The van der Waals surface area contributed by atoms with E-state index in [4.69, 9.17) is 4.42 Å². The molecule has 2 aromatic rings. The molecule has 2 aliphatic heterocycles. The lowest BCUT2D eigenvalue weighted by Crippen LogP contribution is -2.40. The van der Waals surface area contributed by atoms with E-state index in [2.05, 4.69) is 10.2 Å². The first-order valence-electron chi connectivity index (χ1n) is 8.44. The second-order valence-electron chi connectivity index (χ2n) is 6.76. The molecule has 0 spiro atoms. The largest absolute Gasteiger partial charge is 0.508 e. The Labute approximate surface area is 131 Å². The van der Waals surface area contributed by atoms with Crippen molar-refractivity contribution in [1.82, 2.24) is 10.2 Å². The topological polar surface area (TPSA) is 48.6 Å². The number of rotatable bonds is 3. The lowest BCUT2D eigenvalue weighted by molar-refractivity contribution is 0.157. The van der Waals surface area contributed by atoms with Gasteiger partial charge >= 0.3 is 0 Å². The summed E-state index contributed by atoms with van der Waals surface area (Å²) >= 11 is 0.